The van der Waals surface area contributed by atoms with E-state index in [1.54, 1.807) is 24.3 Å². The fourth-order valence-corrected chi connectivity index (χ4v) is 3.58. The van der Waals surface area contributed by atoms with Gasteiger partial charge in [-0.1, -0.05) is 18.2 Å². The molecule has 1 aromatic heterocycles. The SMILES string of the molecule is O=C(N/N=C/c1ccccc1C(=O)O)c1ccc2[nH]c3c(c2c1)CCCC3. The second-order valence-electron chi connectivity index (χ2n) is 6.64. The quantitative estimate of drug-likeness (QED) is 0.490. The van der Waals surface area contributed by atoms with Gasteiger partial charge in [-0.3, -0.25) is 4.79 Å². The standard InChI is InChI=1S/C21H19N3O3/c25-20(24-22-12-14-5-1-2-6-15(14)21(26)27)13-9-10-19-17(11-13)16-7-3-4-8-18(16)23-19/h1-2,5-6,9-12,23H,3-4,7-8H2,(H,24,25)(H,26,27)/b22-12+. The van der Waals surface area contributed by atoms with Gasteiger partial charge in [-0.25, -0.2) is 10.2 Å². The van der Waals surface area contributed by atoms with Gasteiger partial charge in [-0.05, 0) is 55.5 Å². The van der Waals surface area contributed by atoms with Gasteiger partial charge in [0.05, 0.1) is 11.8 Å². The van der Waals surface area contributed by atoms with Gasteiger partial charge in [-0.2, -0.15) is 5.10 Å². The highest BCUT2D eigenvalue weighted by atomic mass is 16.4. The highest BCUT2D eigenvalue weighted by Crippen LogP contribution is 2.29. The molecule has 27 heavy (non-hydrogen) atoms. The van der Waals surface area contributed by atoms with Gasteiger partial charge in [-0.15, -0.1) is 0 Å². The van der Waals surface area contributed by atoms with Crippen LogP contribution in [0.5, 0.6) is 0 Å². The van der Waals surface area contributed by atoms with Crippen molar-refractivity contribution in [3.8, 4) is 0 Å². The van der Waals surface area contributed by atoms with E-state index in [1.807, 2.05) is 12.1 Å². The third kappa shape index (κ3) is 3.33. The average Bonchev–Trinajstić information content (AvgIpc) is 3.06. The van der Waals surface area contributed by atoms with Gasteiger partial charge in [0, 0.05) is 27.7 Å². The third-order valence-electron chi connectivity index (χ3n) is 4.92. The van der Waals surface area contributed by atoms with Crippen molar-refractivity contribution in [1.82, 2.24) is 10.4 Å². The predicted molar refractivity (Wildman–Crippen MR) is 103 cm³/mol. The molecule has 0 saturated heterocycles. The molecule has 4 rings (SSSR count). The number of aromatic carboxylic acids is 1. The molecule has 1 amide bonds. The lowest BCUT2D eigenvalue weighted by Crippen LogP contribution is -2.17. The maximum atomic E-state index is 12.4. The van der Waals surface area contributed by atoms with Crippen LogP contribution in [0.15, 0.2) is 47.6 Å². The molecule has 0 aliphatic heterocycles. The van der Waals surface area contributed by atoms with Crippen LogP contribution in [-0.2, 0) is 12.8 Å². The van der Waals surface area contributed by atoms with Crippen molar-refractivity contribution < 1.29 is 14.7 Å². The number of carboxylic acid groups (broad SMARTS) is 1. The zero-order valence-corrected chi connectivity index (χ0v) is 14.7. The van der Waals surface area contributed by atoms with Crippen LogP contribution in [0.3, 0.4) is 0 Å². The molecule has 0 spiro atoms. The van der Waals surface area contributed by atoms with Gasteiger partial charge in [0.25, 0.3) is 5.91 Å². The summed E-state index contributed by atoms with van der Waals surface area (Å²) in [5, 5.41) is 14.2. The number of nitrogens with one attached hydrogen (secondary N) is 2. The van der Waals surface area contributed by atoms with Crippen LogP contribution in [0.25, 0.3) is 10.9 Å². The fraction of sp³-hybridized carbons (Fsp3) is 0.190. The predicted octanol–water partition coefficient (Wildman–Crippen LogP) is 3.51. The van der Waals surface area contributed by atoms with Crippen LogP contribution in [0.1, 0.15) is 50.4 Å². The summed E-state index contributed by atoms with van der Waals surface area (Å²) in [4.78, 5) is 27.1. The van der Waals surface area contributed by atoms with Gasteiger partial charge in [0.2, 0.25) is 0 Å². The molecule has 2 aromatic carbocycles. The van der Waals surface area contributed by atoms with Crippen LogP contribution in [-0.4, -0.2) is 28.2 Å². The molecule has 6 heteroatoms. The first-order chi connectivity index (χ1) is 13.1. The number of nitrogens with zero attached hydrogens (tertiary/aromatic N) is 1. The van der Waals surface area contributed by atoms with Crippen molar-refractivity contribution in [3.63, 3.8) is 0 Å². The lowest BCUT2D eigenvalue weighted by molar-refractivity contribution is 0.0696. The molecule has 0 unspecified atom stereocenters. The number of hydrogen-bond donors (Lipinski definition) is 3. The van der Waals surface area contributed by atoms with Crippen molar-refractivity contribution in [2.24, 2.45) is 5.10 Å². The Hall–Kier alpha value is -3.41. The lowest BCUT2D eigenvalue weighted by Gasteiger charge is -2.10. The Morgan fingerprint density at radius 3 is 2.78 bits per heavy atom. The van der Waals surface area contributed by atoms with E-state index in [-0.39, 0.29) is 11.5 Å². The second kappa shape index (κ2) is 7.07. The molecule has 0 bridgehead atoms. The first kappa shape index (κ1) is 17.0. The summed E-state index contributed by atoms with van der Waals surface area (Å²) in [5.41, 5.74) is 7.21. The number of amides is 1. The smallest absolute Gasteiger partial charge is 0.336 e. The summed E-state index contributed by atoms with van der Waals surface area (Å²) in [6.07, 6.45) is 5.80. The largest absolute Gasteiger partial charge is 0.478 e. The van der Waals surface area contributed by atoms with E-state index >= 15 is 0 Å². The molecule has 1 heterocycles. The first-order valence-corrected chi connectivity index (χ1v) is 8.92. The van der Waals surface area contributed by atoms with E-state index < -0.39 is 5.97 Å². The minimum Gasteiger partial charge on any atom is -0.478 e. The number of aryl methyl sites for hydroxylation is 2. The van der Waals surface area contributed by atoms with E-state index in [9.17, 15) is 14.7 Å². The van der Waals surface area contributed by atoms with Crippen molar-refractivity contribution in [3.05, 3.63) is 70.4 Å². The molecular weight excluding hydrogens is 342 g/mol. The number of fused-ring (bicyclic) bond motifs is 3. The molecule has 3 N–H and O–H groups in total. The number of rotatable bonds is 4. The van der Waals surface area contributed by atoms with E-state index in [0.717, 1.165) is 23.7 Å². The van der Waals surface area contributed by atoms with Crippen LogP contribution in [0.4, 0.5) is 0 Å². The molecule has 0 atom stereocenters. The minimum absolute atomic E-state index is 0.135. The number of carbonyl (C=O) groups is 2. The molecule has 0 fully saturated rings. The lowest BCUT2D eigenvalue weighted by atomic mass is 9.95. The number of hydrazone groups is 1. The summed E-state index contributed by atoms with van der Waals surface area (Å²) in [7, 11) is 0. The third-order valence-corrected chi connectivity index (χ3v) is 4.92. The Morgan fingerprint density at radius 1 is 1.11 bits per heavy atom. The van der Waals surface area contributed by atoms with Crippen molar-refractivity contribution >= 4 is 29.0 Å². The molecule has 1 aliphatic carbocycles. The number of hydrogen-bond acceptors (Lipinski definition) is 3. The maximum absolute atomic E-state index is 12.4. The second-order valence-corrected chi connectivity index (χ2v) is 6.64. The van der Waals surface area contributed by atoms with Crippen LogP contribution in [0, 0.1) is 0 Å². The Kier molecular flexibility index (Phi) is 4.46. The normalized spacial score (nSPS) is 13.6. The number of aromatic amines is 1. The van der Waals surface area contributed by atoms with Gasteiger partial charge >= 0.3 is 5.97 Å². The first-order valence-electron chi connectivity index (χ1n) is 8.92. The molecule has 6 nitrogen and oxygen atoms in total. The Morgan fingerprint density at radius 2 is 1.93 bits per heavy atom. The summed E-state index contributed by atoms with van der Waals surface area (Å²) in [6, 6.07) is 12.1. The highest BCUT2D eigenvalue weighted by Gasteiger charge is 2.16. The van der Waals surface area contributed by atoms with Gasteiger partial charge < -0.3 is 10.1 Å². The number of benzene rings is 2. The molecule has 1 aliphatic rings. The molecule has 136 valence electrons. The van der Waals surface area contributed by atoms with E-state index in [4.69, 9.17) is 0 Å². The molecule has 0 saturated carbocycles. The number of aromatic nitrogens is 1. The topological polar surface area (TPSA) is 94.6 Å². The average molecular weight is 361 g/mol. The number of H-pyrrole nitrogens is 1. The van der Waals surface area contributed by atoms with E-state index in [0.29, 0.717) is 11.1 Å². The maximum Gasteiger partial charge on any atom is 0.336 e. The van der Waals surface area contributed by atoms with Gasteiger partial charge in [0.15, 0.2) is 0 Å². The Balaban J connectivity index is 1.54. The van der Waals surface area contributed by atoms with E-state index in [1.165, 1.54) is 36.4 Å². The van der Waals surface area contributed by atoms with Crippen LogP contribution < -0.4 is 5.43 Å². The zero-order chi connectivity index (χ0) is 18.8. The van der Waals surface area contributed by atoms with Crippen LogP contribution >= 0.6 is 0 Å². The Labute approximate surface area is 155 Å². The summed E-state index contributed by atoms with van der Waals surface area (Å²) in [5.74, 6) is -1.36. The number of carboxylic acids is 1. The van der Waals surface area contributed by atoms with Crippen molar-refractivity contribution in [1.29, 1.82) is 0 Å². The summed E-state index contributed by atoms with van der Waals surface area (Å²) >= 11 is 0. The summed E-state index contributed by atoms with van der Waals surface area (Å²) < 4.78 is 0. The van der Waals surface area contributed by atoms with E-state index in [2.05, 4.69) is 15.5 Å². The highest BCUT2D eigenvalue weighted by molar-refractivity contribution is 6.01. The minimum atomic E-state index is -1.04. The van der Waals surface area contributed by atoms with Crippen molar-refractivity contribution in [2.45, 2.75) is 25.7 Å². The van der Waals surface area contributed by atoms with Crippen molar-refractivity contribution in [2.75, 3.05) is 0 Å². The molecule has 3 aromatic rings. The van der Waals surface area contributed by atoms with Crippen LogP contribution in [0.2, 0.25) is 0 Å². The molecular formula is C21H19N3O3. The number of carbonyl (C=O) groups excluding carboxylic acids is 1. The van der Waals surface area contributed by atoms with Gasteiger partial charge in [0.1, 0.15) is 0 Å². The Bertz CT molecular complexity index is 1070. The summed E-state index contributed by atoms with van der Waals surface area (Å²) in [6.45, 7) is 0. The fourth-order valence-electron chi connectivity index (χ4n) is 3.58. The zero-order valence-electron chi connectivity index (χ0n) is 14.7. The molecule has 0 radical (unpaired) electrons. The monoisotopic (exact) mass is 361 g/mol.